The molecule has 3 N–H and O–H groups in total. The van der Waals surface area contributed by atoms with Gasteiger partial charge in [0, 0.05) is 29.5 Å². The summed E-state index contributed by atoms with van der Waals surface area (Å²) in [5, 5.41) is 10.0. The third-order valence-electron chi connectivity index (χ3n) is 4.13. The molecule has 0 aliphatic carbocycles. The van der Waals surface area contributed by atoms with Crippen LogP contribution in [0.5, 0.6) is 0 Å². The topological polar surface area (TPSA) is 107 Å². The molecule has 4 rings (SSSR count). The quantitative estimate of drug-likeness (QED) is 0.517. The van der Waals surface area contributed by atoms with E-state index in [1.807, 2.05) is 19.2 Å². The number of carboxylic acids is 1. The molecule has 28 heavy (non-hydrogen) atoms. The zero-order valence-electron chi connectivity index (χ0n) is 15.3. The number of rotatable bonds is 2. The Kier molecular flexibility index (Phi) is 5.30. The van der Waals surface area contributed by atoms with Gasteiger partial charge in [-0.15, -0.1) is 0 Å². The van der Waals surface area contributed by atoms with Crippen LogP contribution in [0.25, 0.3) is 22.3 Å². The first-order valence-electron chi connectivity index (χ1n) is 8.36. The van der Waals surface area contributed by atoms with E-state index in [1.54, 1.807) is 36.1 Å². The normalized spacial score (nSPS) is 10.4. The Morgan fingerprint density at radius 2 is 2.00 bits per heavy atom. The number of benzene rings is 1. The van der Waals surface area contributed by atoms with Crippen LogP contribution >= 0.6 is 0 Å². The summed E-state index contributed by atoms with van der Waals surface area (Å²) in [4.78, 5) is 22.7. The Bertz CT molecular complexity index is 1120. The smallest absolute Gasteiger partial charge is 0.339 e. The summed E-state index contributed by atoms with van der Waals surface area (Å²) in [5.41, 5.74) is 3.08. The monoisotopic (exact) mass is 379 g/mol. The van der Waals surface area contributed by atoms with Crippen LogP contribution in [0.1, 0.15) is 21.6 Å². The van der Waals surface area contributed by atoms with Crippen molar-refractivity contribution in [1.29, 1.82) is 0 Å². The van der Waals surface area contributed by atoms with Gasteiger partial charge in [0.25, 0.3) is 0 Å². The molecular formula is C20H18FN5O2. The molecule has 0 aliphatic rings. The first kappa shape index (κ1) is 19.0. The summed E-state index contributed by atoms with van der Waals surface area (Å²) in [6.45, 7) is 3.61. The molecule has 3 aromatic heterocycles. The molecule has 0 unspecified atom stereocenters. The second kappa shape index (κ2) is 7.83. The Hall–Kier alpha value is -3.81. The van der Waals surface area contributed by atoms with Crippen LogP contribution in [-0.4, -0.2) is 30.7 Å². The summed E-state index contributed by atoms with van der Waals surface area (Å²) in [7, 11) is 0. The number of aromatic nitrogens is 4. The number of pyridine rings is 1. The van der Waals surface area contributed by atoms with Crippen molar-refractivity contribution in [2.24, 2.45) is 0 Å². The van der Waals surface area contributed by atoms with Gasteiger partial charge in [-0.05, 0) is 37.6 Å². The number of fused-ring (bicyclic) bond motifs is 1. The number of carboxylic acid groups (broad SMARTS) is 1. The number of hydrogen-bond donors (Lipinski definition) is 2. The molecule has 0 atom stereocenters. The molecule has 1 aromatic carbocycles. The first-order valence-corrected chi connectivity index (χ1v) is 8.36. The minimum Gasteiger partial charge on any atom is -0.478 e. The van der Waals surface area contributed by atoms with Crippen LogP contribution in [-0.2, 0) is 0 Å². The van der Waals surface area contributed by atoms with Crippen LogP contribution in [0.2, 0.25) is 0 Å². The standard InChI is InChI=1S/C12H9FN2O2.C8H9N3/c1-7-10(12(16)17)6-14-11(15-7)8-3-2-4-9(13)5-8;1-6-5-11(9)8-4-10-3-2-7(6)8/h2-6H,1H3,(H,16,17);2-5H,9H2,1H3. The largest absolute Gasteiger partial charge is 0.478 e. The van der Waals surface area contributed by atoms with Crippen molar-refractivity contribution in [3.05, 3.63) is 77.8 Å². The summed E-state index contributed by atoms with van der Waals surface area (Å²) < 4.78 is 14.6. The van der Waals surface area contributed by atoms with Gasteiger partial charge in [-0.25, -0.2) is 19.2 Å². The number of aromatic carboxylic acids is 1. The van der Waals surface area contributed by atoms with Crippen LogP contribution in [0.4, 0.5) is 4.39 Å². The van der Waals surface area contributed by atoms with Gasteiger partial charge in [0.15, 0.2) is 5.82 Å². The van der Waals surface area contributed by atoms with Crippen molar-refractivity contribution in [3.63, 3.8) is 0 Å². The average Bonchev–Trinajstić information content (AvgIpc) is 2.96. The molecule has 0 bridgehead atoms. The molecule has 4 aromatic rings. The van der Waals surface area contributed by atoms with E-state index in [9.17, 15) is 9.18 Å². The average molecular weight is 379 g/mol. The molecule has 0 saturated carbocycles. The maximum absolute atomic E-state index is 13.0. The van der Waals surface area contributed by atoms with Crippen molar-refractivity contribution in [3.8, 4) is 11.4 Å². The zero-order chi connectivity index (χ0) is 20.3. The second-order valence-corrected chi connectivity index (χ2v) is 6.12. The Morgan fingerprint density at radius 1 is 1.21 bits per heavy atom. The summed E-state index contributed by atoms with van der Waals surface area (Å²) in [6, 6.07) is 7.80. The number of carbonyl (C=O) groups is 1. The van der Waals surface area contributed by atoms with Gasteiger partial charge in [0.05, 0.1) is 23.0 Å². The number of aryl methyl sites for hydroxylation is 2. The third-order valence-corrected chi connectivity index (χ3v) is 4.13. The molecule has 0 aliphatic heterocycles. The molecule has 7 nitrogen and oxygen atoms in total. The minimum absolute atomic E-state index is 0.0464. The lowest BCUT2D eigenvalue weighted by molar-refractivity contribution is 0.0695. The summed E-state index contributed by atoms with van der Waals surface area (Å²) >= 11 is 0. The number of nitrogen functional groups attached to an aromatic ring is 1. The first-order chi connectivity index (χ1) is 13.4. The maximum Gasteiger partial charge on any atom is 0.339 e. The van der Waals surface area contributed by atoms with E-state index in [-0.39, 0.29) is 11.4 Å². The molecule has 3 heterocycles. The van der Waals surface area contributed by atoms with Crippen molar-refractivity contribution in [2.45, 2.75) is 13.8 Å². The fourth-order valence-electron chi connectivity index (χ4n) is 2.72. The van der Waals surface area contributed by atoms with Crippen molar-refractivity contribution < 1.29 is 14.3 Å². The van der Waals surface area contributed by atoms with E-state index in [0.717, 1.165) is 5.52 Å². The highest BCUT2D eigenvalue weighted by atomic mass is 19.1. The predicted molar refractivity (Wildman–Crippen MR) is 104 cm³/mol. The van der Waals surface area contributed by atoms with Gasteiger partial charge in [-0.1, -0.05) is 12.1 Å². The minimum atomic E-state index is -1.08. The van der Waals surface area contributed by atoms with E-state index in [1.165, 1.54) is 29.3 Å². The number of halogens is 1. The van der Waals surface area contributed by atoms with Crippen LogP contribution in [0, 0.1) is 19.7 Å². The highest BCUT2D eigenvalue weighted by Crippen LogP contribution is 2.17. The number of hydrogen-bond acceptors (Lipinski definition) is 5. The van der Waals surface area contributed by atoms with Gasteiger partial charge in [0.1, 0.15) is 5.82 Å². The van der Waals surface area contributed by atoms with Gasteiger partial charge in [-0.2, -0.15) is 0 Å². The summed E-state index contributed by atoms with van der Waals surface area (Å²) in [6.07, 6.45) is 6.66. The highest BCUT2D eigenvalue weighted by molar-refractivity contribution is 5.88. The van der Waals surface area contributed by atoms with Crippen molar-refractivity contribution in [1.82, 2.24) is 19.6 Å². The molecule has 8 heteroatoms. The maximum atomic E-state index is 13.0. The van der Waals surface area contributed by atoms with Crippen LogP contribution < -0.4 is 5.84 Å². The highest BCUT2D eigenvalue weighted by Gasteiger charge is 2.11. The van der Waals surface area contributed by atoms with Gasteiger partial charge >= 0.3 is 5.97 Å². The van der Waals surface area contributed by atoms with Gasteiger partial charge < -0.3 is 10.9 Å². The van der Waals surface area contributed by atoms with E-state index < -0.39 is 5.97 Å². The van der Waals surface area contributed by atoms with Gasteiger partial charge in [0.2, 0.25) is 0 Å². The van der Waals surface area contributed by atoms with Crippen molar-refractivity contribution in [2.75, 3.05) is 5.84 Å². The zero-order valence-corrected chi connectivity index (χ0v) is 15.3. The summed E-state index contributed by atoms with van der Waals surface area (Å²) in [5.74, 6) is 4.51. The Morgan fingerprint density at radius 3 is 2.64 bits per heavy atom. The SMILES string of the molecule is Cc1cn(N)c2cnccc12.Cc1nc(-c2cccc(F)c2)ncc1C(=O)O. The Labute approximate surface area is 160 Å². The molecular weight excluding hydrogens is 361 g/mol. The van der Waals surface area contributed by atoms with Gasteiger partial charge in [-0.3, -0.25) is 9.66 Å². The molecule has 0 amide bonds. The predicted octanol–water partition coefficient (Wildman–Crippen LogP) is 3.35. The molecule has 142 valence electrons. The van der Waals surface area contributed by atoms with Crippen LogP contribution in [0.3, 0.4) is 0 Å². The lowest BCUT2D eigenvalue weighted by Gasteiger charge is -2.03. The third kappa shape index (κ3) is 3.96. The molecule has 0 spiro atoms. The van der Waals surface area contributed by atoms with E-state index in [2.05, 4.69) is 15.0 Å². The Balaban J connectivity index is 0.000000176. The second-order valence-electron chi connectivity index (χ2n) is 6.12. The van der Waals surface area contributed by atoms with E-state index in [4.69, 9.17) is 10.9 Å². The fraction of sp³-hybridized carbons (Fsp3) is 0.100. The lowest BCUT2D eigenvalue weighted by Crippen LogP contribution is -2.04. The number of nitrogens with zero attached hydrogens (tertiary/aromatic N) is 4. The van der Waals surface area contributed by atoms with E-state index in [0.29, 0.717) is 17.1 Å². The number of nitrogens with two attached hydrogens (primary N) is 1. The lowest BCUT2D eigenvalue weighted by atomic mass is 10.2. The molecule has 0 radical (unpaired) electrons. The molecule has 0 saturated heterocycles. The fourth-order valence-corrected chi connectivity index (χ4v) is 2.72. The van der Waals surface area contributed by atoms with E-state index >= 15 is 0 Å². The van der Waals surface area contributed by atoms with Crippen LogP contribution in [0.15, 0.2) is 55.1 Å². The molecule has 0 fully saturated rings. The van der Waals surface area contributed by atoms with Crippen molar-refractivity contribution >= 4 is 16.9 Å².